The molecule has 1 aromatic rings. The number of nitrogens with one attached hydrogen (secondary N) is 1. The highest BCUT2D eigenvalue weighted by atomic mass is 79.9. The van der Waals surface area contributed by atoms with Crippen molar-refractivity contribution in [1.29, 1.82) is 0 Å². The second-order valence-corrected chi connectivity index (χ2v) is 6.06. The van der Waals surface area contributed by atoms with Gasteiger partial charge in [0.25, 0.3) is 5.91 Å². The Balaban J connectivity index is 2.87. The first kappa shape index (κ1) is 14.2. The molecule has 0 spiro atoms. The van der Waals surface area contributed by atoms with E-state index in [0.29, 0.717) is 5.56 Å². The van der Waals surface area contributed by atoms with Crippen molar-refractivity contribution in [3.8, 4) is 0 Å². The third kappa shape index (κ3) is 3.54. The lowest BCUT2D eigenvalue weighted by atomic mass is 9.86. The van der Waals surface area contributed by atoms with Gasteiger partial charge in [0.1, 0.15) is 0 Å². The van der Waals surface area contributed by atoms with Gasteiger partial charge in [0, 0.05) is 10.0 Å². The van der Waals surface area contributed by atoms with Gasteiger partial charge in [-0.3, -0.25) is 4.79 Å². The largest absolute Gasteiger partial charge is 0.388 e. The summed E-state index contributed by atoms with van der Waals surface area (Å²) in [6.45, 7) is 6.94. The summed E-state index contributed by atoms with van der Waals surface area (Å²) in [6.07, 6.45) is 0. The minimum absolute atomic E-state index is 0.196. The highest BCUT2D eigenvalue weighted by molar-refractivity contribution is 9.10. The Labute approximate surface area is 110 Å². The highest BCUT2D eigenvalue weighted by Gasteiger charge is 2.36. The second kappa shape index (κ2) is 4.78. The molecule has 0 atom stereocenters. The van der Waals surface area contributed by atoms with Crippen LogP contribution in [0.25, 0.3) is 0 Å². The molecule has 0 aromatic heterocycles. The van der Waals surface area contributed by atoms with E-state index < -0.39 is 11.1 Å². The predicted octanol–water partition coefficient (Wildman–Crippen LogP) is 2.73. The van der Waals surface area contributed by atoms with Gasteiger partial charge in [-0.05, 0) is 45.9 Å². The van der Waals surface area contributed by atoms with Gasteiger partial charge >= 0.3 is 0 Å². The van der Waals surface area contributed by atoms with Crippen molar-refractivity contribution in [2.45, 2.75) is 38.8 Å². The van der Waals surface area contributed by atoms with E-state index in [0.717, 1.165) is 4.47 Å². The Kier molecular flexibility index (Phi) is 3.99. The third-order valence-electron chi connectivity index (χ3n) is 3.04. The Morgan fingerprint density at radius 3 is 2.35 bits per heavy atom. The molecule has 17 heavy (non-hydrogen) atoms. The molecule has 0 bridgehead atoms. The van der Waals surface area contributed by atoms with Gasteiger partial charge in [0.2, 0.25) is 0 Å². The molecule has 1 rings (SSSR count). The Bertz CT molecular complexity index is 422. The first-order valence-corrected chi connectivity index (χ1v) is 6.23. The van der Waals surface area contributed by atoms with Crippen LogP contribution in [-0.2, 0) is 0 Å². The van der Waals surface area contributed by atoms with Gasteiger partial charge in [-0.25, -0.2) is 0 Å². The van der Waals surface area contributed by atoms with E-state index in [1.54, 1.807) is 45.9 Å². The summed E-state index contributed by atoms with van der Waals surface area (Å²) in [5.41, 5.74) is -1.13. The van der Waals surface area contributed by atoms with Crippen molar-refractivity contribution in [3.05, 3.63) is 34.3 Å². The van der Waals surface area contributed by atoms with Gasteiger partial charge in [0.15, 0.2) is 0 Å². The summed E-state index contributed by atoms with van der Waals surface area (Å²) in [5.74, 6) is -0.196. The fourth-order valence-electron chi connectivity index (χ4n) is 1.14. The van der Waals surface area contributed by atoms with Crippen molar-refractivity contribution < 1.29 is 9.90 Å². The molecule has 0 aliphatic carbocycles. The molecule has 0 aliphatic rings. The van der Waals surface area contributed by atoms with E-state index in [2.05, 4.69) is 21.2 Å². The number of benzene rings is 1. The molecule has 1 aromatic carbocycles. The molecule has 4 heteroatoms. The fourth-order valence-corrected chi connectivity index (χ4v) is 1.54. The van der Waals surface area contributed by atoms with Crippen LogP contribution < -0.4 is 5.32 Å². The molecule has 0 unspecified atom stereocenters. The van der Waals surface area contributed by atoms with Crippen LogP contribution in [0.5, 0.6) is 0 Å². The molecule has 2 N–H and O–H groups in total. The summed E-state index contributed by atoms with van der Waals surface area (Å²) < 4.78 is 0.853. The first-order chi connectivity index (χ1) is 7.63. The number of carbonyl (C=O) groups is 1. The van der Waals surface area contributed by atoms with Gasteiger partial charge in [0.05, 0.1) is 11.1 Å². The van der Waals surface area contributed by atoms with E-state index in [1.165, 1.54) is 0 Å². The first-order valence-electron chi connectivity index (χ1n) is 5.44. The topological polar surface area (TPSA) is 49.3 Å². The van der Waals surface area contributed by atoms with E-state index in [1.807, 2.05) is 6.07 Å². The lowest BCUT2D eigenvalue weighted by molar-refractivity contribution is -0.00292. The normalized spacial score (nSPS) is 12.4. The lowest BCUT2D eigenvalue weighted by Crippen LogP contribution is -2.57. The third-order valence-corrected chi connectivity index (χ3v) is 3.54. The average molecular weight is 300 g/mol. The molecule has 94 valence electrons. The van der Waals surface area contributed by atoms with Crippen LogP contribution in [0, 0.1) is 0 Å². The van der Waals surface area contributed by atoms with E-state index >= 15 is 0 Å². The monoisotopic (exact) mass is 299 g/mol. The molecule has 3 nitrogen and oxygen atoms in total. The van der Waals surface area contributed by atoms with Crippen LogP contribution in [0.1, 0.15) is 38.1 Å². The van der Waals surface area contributed by atoms with Gasteiger partial charge in [-0.1, -0.05) is 22.0 Å². The smallest absolute Gasteiger partial charge is 0.251 e. The van der Waals surface area contributed by atoms with Gasteiger partial charge < -0.3 is 10.4 Å². The number of hydrogen-bond acceptors (Lipinski definition) is 2. The predicted molar refractivity (Wildman–Crippen MR) is 72.0 cm³/mol. The van der Waals surface area contributed by atoms with Crippen molar-refractivity contribution in [1.82, 2.24) is 5.32 Å². The number of aliphatic hydroxyl groups is 1. The van der Waals surface area contributed by atoms with Crippen LogP contribution in [0.4, 0.5) is 0 Å². The SMILES string of the molecule is CC(C)(O)C(C)(C)NC(=O)c1cccc(Br)c1. The summed E-state index contributed by atoms with van der Waals surface area (Å²) in [6, 6.07) is 7.14. The molecular weight excluding hydrogens is 282 g/mol. The van der Waals surface area contributed by atoms with Crippen molar-refractivity contribution >= 4 is 21.8 Å². The molecule has 1 amide bonds. The molecule has 0 fully saturated rings. The summed E-state index contributed by atoms with van der Waals surface area (Å²) >= 11 is 3.32. The van der Waals surface area contributed by atoms with Crippen LogP contribution in [0.2, 0.25) is 0 Å². The van der Waals surface area contributed by atoms with Crippen LogP contribution in [0.3, 0.4) is 0 Å². The van der Waals surface area contributed by atoms with Crippen molar-refractivity contribution in [3.63, 3.8) is 0 Å². The van der Waals surface area contributed by atoms with E-state index in [4.69, 9.17) is 0 Å². The molecular formula is C13H18BrNO2. The van der Waals surface area contributed by atoms with Crippen LogP contribution in [0.15, 0.2) is 28.7 Å². The van der Waals surface area contributed by atoms with Crippen molar-refractivity contribution in [2.24, 2.45) is 0 Å². The maximum absolute atomic E-state index is 12.0. The maximum Gasteiger partial charge on any atom is 0.251 e. The average Bonchev–Trinajstić information content (AvgIpc) is 2.15. The Hall–Kier alpha value is -0.870. The zero-order valence-electron chi connectivity index (χ0n) is 10.5. The number of amides is 1. The fraction of sp³-hybridized carbons (Fsp3) is 0.462. The van der Waals surface area contributed by atoms with Crippen LogP contribution in [-0.4, -0.2) is 22.2 Å². The van der Waals surface area contributed by atoms with E-state index in [-0.39, 0.29) is 5.91 Å². The Morgan fingerprint density at radius 1 is 1.29 bits per heavy atom. The van der Waals surface area contributed by atoms with Crippen molar-refractivity contribution in [2.75, 3.05) is 0 Å². The van der Waals surface area contributed by atoms with Crippen LogP contribution >= 0.6 is 15.9 Å². The standard InChI is InChI=1S/C13H18BrNO2/c1-12(2,13(3,4)17)15-11(16)9-6-5-7-10(14)8-9/h5-8,17H,1-4H3,(H,15,16). The highest BCUT2D eigenvalue weighted by Crippen LogP contribution is 2.21. The number of carbonyl (C=O) groups excluding carboxylic acids is 1. The molecule has 0 radical (unpaired) electrons. The number of rotatable bonds is 3. The summed E-state index contributed by atoms with van der Waals surface area (Å²) in [7, 11) is 0. The molecule has 0 saturated heterocycles. The number of hydrogen-bond donors (Lipinski definition) is 2. The minimum atomic E-state index is -0.991. The molecule has 0 heterocycles. The lowest BCUT2D eigenvalue weighted by Gasteiger charge is -2.38. The quantitative estimate of drug-likeness (QED) is 0.902. The zero-order valence-corrected chi connectivity index (χ0v) is 12.1. The summed E-state index contributed by atoms with van der Waals surface area (Å²) in [4.78, 5) is 12.0. The minimum Gasteiger partial charge on any atom is -0.388 e. The van der Waals surface area contributed by atoms with Gasteiger partial charge in [-0.15, -0.1) is 0 Å². The zero-order chi connectivity index (χ0) is 13.3. The summed E-state index contributed by atoms with van der Waals surface area (Å²) in [5, 5.41) is 12.8. The number of halogens is 1. The van der Waals surface area contributed by atoms with Gasteiger partial charge in [-0.2, -0.15) is 0 Å². The Morgan fingerprint density at radius 2 is 1.88 bits per heavy atom. The molecule has 0 saturated carbocycles. The molecule has 0 aliphatic heterocycles. The van der Waals surface area contributed by atoms with E-state index in [9.17, 15) is 9.90 Å². The maximum atomic E-state index is 12.0. The second-order valence-electron chi connectivity index (χ2n) is 5.15.